The average molecular weight is 364 g/mol. The number of halogens is 2. The third kappa shape index (κ3) is 4.13. The van der Waals surface area contributed by atoms with Gasteiger partial charge in [0.2, 0.25) is 0 Å². The van der Waals surface area contributed by atoms with E-state index < -0.39 is 0 Å². The van der Waals surface area contributed by atoms with Crippen molar-refractivity contribution in [2.75, 3.05) is 5.75 Å². The molecule has 1 aromatic carbocycles. The largest absolute Gasteiger partial charge is 0.326 e. The number of rotatable bonds is 3. The van der Waals surface area contributed by atoms with E-state index in [2.05, 4.69) is 29.8 Å². The summed E-state index contributed by atoms with van der Waals surface area (Å²) >= 11 is 7.23. The summed E-state index contributed by atoms with van der Waals surface area (Å²) in [5.74, 6) is 0.891. The molecule has 0 spiro atoms. The Morgan fingerprint density at radius 2 is 2.16 bits per heavy atom. The van der Waals surface area contributed by atoms with E-state index in [1.54, 1.807) is 0 Å². The summed E-state index contributed by atoms with van der Waals surface area (Å²) in [6.07, 6.45) is 0.804. The maximum Gasteiger partial charge on any atom is 0.137 e. The molecule has 1 aliphatic heterocycles. The van der Waals surface area contributed by atoms with Crippen molar-refractivity contribution in [1.82, 2.24) is 0 Å². The molecule has 0 aliphatic carbocycles. The van der Waals surface area contributed by atoms with Crippen molar-refractivity contribution in [3.05, 3.63) is 34.1 Å². The van der Waals surface area contributed by atoms with Crippen molar-refractivity contribution in [3.8, 4) is 0 Å². The van der Waals surface area contributed by atoms with Gasteiger partial charge in [-0.1, -0.05) is 19.9 Å². The lowest BCUT2D eigenvalue weighted by molar-refractivity contribution is 0.616. The Bertz CT molecular complexity index is 443. The van der Waals surface area contributed by atoms with Crippen LogP contribution in [0.5, 0.6) is 0 Å². The lowest BCUT2D eigenvalue weighted by Crippen LogP contribution is -2.41. The molecule has 0 saturated carbocycles. The molecule has 0 amide bonds. The Labute approximate surface area is 131 Å². The second-order valence-corrected chi connectivity index (χ2v) is 8.92. The molecule has 0 bridgehead atoms. The smallest absolute Gasteiger partial charge is 0.137 e. The highest BCUT2D eigenvalue weighted by Gasteiger charge is 2.29. The molecule has 1 fully saturated rings. The molecule has 1 heterocycles. The second-order valence-electron chi connectivity index (χ2n) is 5.03. The van der Waals surface area contributed by atoms with Crippen molar-refractivity contribution in [2.45, 2.75) is 42.1 Å². The fourth-order valence-corrected chi connectivity index (χ4v) is 5.59. The van der Waals surface area contributed by atoms with Crippen LogP contribution in [0.25, 0.3) is 0 Å². The van der Waals surface area contributed by atoms with Crippen LogP contribution >= 0.6 is 39.5 Å². The second kappa shape index (κ2) is 6.83. The van der Waals surface area contributed by atoms with Crippen LogP contribution in [-0.2, 0) is 6.42 Å². The molecule has 1 aliphatic rings. The van der Waals surface area contributed by atoms with E-state index in [1.807, 2.05) is 35.7 Å². The minimum absolute atomic E-state index is 0.129. The highest BCUT2D eigenvalue weighted by molar-refractivity contribution is 9.10. The summed E-state index contributed by atoms with van der Waals surface area (Å²) in [6.45, 7) is 4.55. The van der Waals surface area contributed by atoms with E-state index in [0.29, 0.717) is 20.2 Å². The first kappa shape index (κ1) is 15.7. The lowest BCUT2D eigenvalue weighted by Gasteiger charge is -2.34. The Kier molecular flexibility index (Phi) is 5.64. The quantitative estimate of drug-likeness (QED) is 0.875. The average Bonchev–Trinajstić information content (AvgIpc) is 2.37. The minimum Gasteiger partial charge on any atom is -0.326 e. The van der Waals surface area contributed by atoms with E-state index in [9.17, 15) is 4.39 Å². The summed E-state index contributed by atoms with van der Waals surface area (Å²) in [7, 11) is 0. The van der Waals surface area contributed by atoms with Crippen molar-refractivity contribution in [2.24, 2.45) is 5.73 Å². The monoisotopic (exact) mass is 363 g/mol. The van der Waals surface area contributed by atoms with E-state index in [1.165, 1.54) is 6.07 Å². The van der Waals surface area contributed by atoms with Crippen LogP contribution in [0.3, 0.4) is 0 Å². The Hall–Kier alpha value is 0.290. The molecule has 1 saturated heterocycles. The van der Waals surface area contributed by atoms with Gasteiger partial charge in [-0.15, -0.1) is 0 Å². The summed E-state index contributed by atoms with van der Waals surface area (Å²) in [6, 6.07) is 5.29. The standard InChI is InChI=1S/C14H19BrFNS2/c1-8-9(2)19-14(7-18-8)13(17)6-10-3-4-12(16)11(15)5-10/h3-5,8-9,13-14H,6-7,17H2,1-2H3. The van der Waals surface area contributed by atoms with Gasteiger partial charge in [0.15, 0.2) is 0 Å². The van der Waals surface area contributed by atoms with Gasteiger partial charge in [-0.25, -0.2) is 4.39 Å². The number of nitrogens with two attached hydrogens (primary N) is 1. The molecule has 5 heteroatoms. The van der Waals surface area contributed by atoms with Gasteiger partial charge in [-0.3, -0.25) is 0 Å². The summed E-state index contributed by atoms with van der Waals surface area (Å²) in [5, 5.41) is 1.84. The number of thioether (sulfide) groups is 2. The van der Waals surface area contributed by atoms with Crippen molar-refractivity contribution in [3.63, 3.8) is 0 Å². The van der Waals surface area contributed by atoms with E-state index in [4.69, 9.17) is 5.73 Å². The van der Waals surface area contributed by atoms with Gasteiger partial charge < -0.3 is 5.73 Å². The van der Waals surface area contributed by atoms with Gasteiger partial charge in [-0.05, 0) is 40.0 Å². The summed E-state index contributed by atoms with van der Waals surface area (Å²) in [4.78, 5) is 0. The molecular weight excluding hydrogens is 345 g/mol. The summed E-state index contributed by atoms with van der Waals surface area (Å²) < 4.78 is 13.7. The first-order valence-electron chi connectivity index (χ1n) is 6.44. The van der Waals surface area contributed by atoms with Crippen LogP contribution in [0.2, 0.25) is 0 Å². The molecule has 19 heavy (non-hydrogen) atoms. The Morgan fingerprint density at radius 3 is 2.79 bits per heavy atom. The molecule has 2 rings (SSSR count). The molecule has 106 valence electrons. The maximum atomic E-state index is 13.2. The molecule has 4 unspecified atom stereocenters. The van der Waals surface area contributed by atoms with Gasteiger partial charge >= 0.3 is 0 Å². The minimum atomic E-state index is -0.220. The SMILES string of the molecule is CC1SCC(C(N)Cc2ccc(F)c(Br)c2)SC1C. The number of hydrogen-bond donors (Lipinski definition) is 1. The van der Waals surface area contributed by atoms with Crippen LogP contribution in [0.4, 0.5) is 4.39 Å². The van der Waals surface area contributed by atoms with Crippen LogP contribution in [-0.4, -0.2) is 27.5 Å². The summed E-state index contributed by atoms with van der Waals surface area (Å²) in [5.41, 5.74) is 7.43. The lowest BCUT2D eigenvalue weighted by atomic mass is 10.0. The predicted molar refractivity (Wildman–Crippen MR) is 88.5 cm³/mol. The van der Waals surface area contributed by atoms with Gasteiger partial charge in [0.1, 0.15) is 5.82 Å². The first-order chi connectivity index (χ1) is 8.97. The van der Waals surface area contributed by atoms with Crippen LogP contribution in [0.15, 0.2) is 22.7 Å². The Balaban J connectivity index is 1.97. The first-order valence-corrected chi connectivity index (χ1v) is 9.22. The van der Waals surface area contributed by atoms with Crippen molar-refractivity contribution in [1.29, 1.82) is 0 Å². The Morgan fingerprint density at radius 1 is 1.42 bits per heavy atom. The normalized spacial score (nSPS) is 29.2. The predicted octanol–water partition coefficient (Wildman–Crippen LogP) is 4.08. The number of benzene rings is 1. The fraction of sp³-hybridized carbons (Fsp3) is 0.571. The third-order valence-electron chi connectivity index (χ3n) is 3.51. The number of hydrogen-bond acceptors (Lipinski definition) is 3. The zero-order chi connectivity index (χ0) is 14.0. The van der Waals surface area contributed by atoms with Crippen molar-refractivity contribution < 1.29 is 4.39 Å². The molecule has 1 aromatic rings. The highest BCUT2D eigenvalue weighted by atomic mass is 79.9. The molecule has 4 atom stereocenters. The zero-order valence-corrected chi connectivity index (χ0v) is 14.3. The van der Waals surface area contributed by atoms with Gasteiger partial charge in [-0.2, -0.15) is 23.5 Å². The molecular formula is C14H19BrFNS2. The van der Waals surface area contributed by atoms with Gasteiger partial charge in [0.25, 0.3) is 0 Å². The van der Waals surface area contributed by atoms with E-state index in [-0.39, 0.29) is 11.9 Å². The van der Waals surface area contributed by atoms with E-state index >= 15 is 0 Å². The topological polar surface area (TPSA) is 26.0 Å². The molecule has 2 N–H and O–H groups in total. The van der Waals surface area contributed by atoms with Crippen LogP contribution < -0.4 is 5.73 Å². The maximum absolute atomic E-state index is 13.2. The molecule has 0 aromatic heterocycles. The molecule has 0 radical (unpaired) electrons. The van der Waals surface area contributed by atoms with Gasteiger partial charge in [0, 0.05) is 27.5 Å². The zero-order valence-electron chi connectivity index (χ0n) is 11.1. The fourth-order valence-electron chi connectivity index (χ4n) is 2.10. The van der Waals surface area contributed by atoms with E-state index in [0.717, 1.165) is 17.7 Å². The van der Waals surface area contributed by atoms with Crippen LogP contribution in [0.1, 0.15) is 19.4 Å². The van der Waals surface area contributed by atoms with Crippen LogP contribution in [0, 0.1) is 5.82 Å². The molecule has 1 nitrogen and oxygen atoms in total. The van der Waals surface area contributed by atoms with Gasteiger partial charge in [0.05, 0.1) is 4.47 Å². The van der Waals surface area contributed by atoms with Crippen molar-refractivity contribution >= 4 is 39.5 Å². The third-order valence-corrected chi connectivity index (χ3v) is 7.69. The highest BCUT2D eigenvalue weighted by Crippen LogP contribution is 2.37.